The zero-order valence-electron chi connectivity index (χ0n) is 18.4. The maximum Gasteiger partial charge on any atom is 0.148 e. The highest BCUT2D eigenvalue weighted by Crippen LogP contribution is 2.34. The fourth-order valence-electron chi connectivity index (χ4n) is 4.34. The molecular weight excluding hydrogens is 400 g/mol. The summed E-state index contributed by atoms with van der Waals surface area (Å²) >= 11 is 0. The van der Waals surface area contributed by atoms with Gasteiger partial charge in [0.1, 0.15) is 11.5 Å². The molecule has 0 bridgehead atoms. The van der Waals surface area contributed by atoms with Gasteiger partial charge < -0.3 is 16.8 Å². The lowest BCUT2D eigenvalue weighted by Gasteiger charge is -2.34. The van der Waals surface area contributed by atoms with Crippen molar-refractivity contribution >= 4 is 17.0 Å². The first kappa shape index (κ1) is 20.5. The van der Waals surface area contributed by atoms with E-state index in [4.69, 9.17) is 16.5 Å². The summed E-state index contributed by atoms with van der Waals surface area (Å²) in [6.45, 7) is 4.04. The van der Waals surface area contributed by atoms with Crippen molar-refractivity contribution in [3.05, 3.63) is 66.1 Å². The number of hydrogen-bond acceptors (Lipinski definition) is 7. The molecule has 1 fully saturated rings. The molecule has 0 spiro atoms. The first-order chi connectivity index (χ1) is 15.4. The summed E-state index contributed by atoms with van der Waals surface area (Å²) in [7, 11) is 0. The van der Waals surface area contributed by atoms with Crippen molar-refractivity contribution in [2.75, 3.05) is 5.32 Å². The molecule has 5 rings (SSSR count). The van der Waals surface area contributed by atoms with E-state index in [0.717, 1.165) is 65.2 Å². The Balaban J connectivity index is 1.53. The van der Waals surface area contributed by atoms with Crippen LogP contribution in [0, 0.1) is 13.8 Å². The Labute approximate surface area is 187 Å². The summed E-state index contributed by atoms with van der Waals surface area (Å²) in [5.41, 5.74) is 18.8. The lowest BCUT2D eigenvalue weighted by Crippen LogP contribution is -2.45. The molecule has 32 heavy (non-hydrogen) atoms. The van der Waals surface area contributed by atoms with Crippen molar-refractivity contribution in [1.82, 2.24) is 24.3 Å². The van der Waals surface area contributed by atoms with Crippen LogP contribution in [0.25, 0.3) is 17.0 Å². The largest absolute Gasteiger partial charge is 0.353 e. The smallest absolute Gasteiger partial charge is 0.148 e. The van der Waals surface area contributed by atoms with Gasteiger partial charge in [-0.2, -0.15) is 0 Å². The van der Waals surface area contributed by atoms with Crippen LogP contribution in [0.4, 0.5) is 11.4 Å². The Bertz CT molecular complexity index is 1270. The van der Waals surface area contributed by atoms with Crippen LogP contribution in [-0.2, 0) is 5.54 Å². The van der Waals surface area contributed by atoms with E-state index < -0.39 is 5.54 Å². The first-order valence-electron chi connectivity index (χ1n) is 11.0. The minimum absolute atomic E-state index is 0.213. The number of aryl methyl sites for hydroxylation is 2. The van der Waals surface area contributed by atoms with E-state index in [2.05, 4.69) is 26.3 Å². The third-order valence-corrected chi connectivity index (χ3v) is 6.25. The summed E-state index contributed by atoms with van der Waals surface area (Å²) in [6, 6.07) is 6.26. The van der Waals surface area contributed by atoms with Gasteiger partial charge in [0.25, 0.3) is 0 Å². The molecule has 0 saturated heterocycles. The number of fused-ring (bicyclic) bond motifs is 1. The molecular formula is C24H28N8. The van der Waals surface area contributed by atoms with Gasteiger partial charge in [-0.15, -0.1) is 0 Å². The van der Waals surface area contributed by atoms with Gasteiger partial charge in [-0.05, 0) is 68.9 Å². The monoisotopic (exact) mass is 428 g/mol. The van der Waals surface area contributed by atoms with Gasteiger partial charge in [-0.3, -0.25) is 9.38 Å². The van der Waals surface area contributed by atoms with Crippen LogP contribution >= 0.6 is 0 Å². The van der Waals surface area contributed by atoms with Crippen LogP contribution in [0.5, 0.6) is 0 Å². The maximum atomic E-state index is 6.73. The van der Waals surface area contributed by atoms with Gasteiger partial charge in [0.05, 0.1) is 40.7 Å². The number of anilines is 2. The van der Waals surface area contributed by atoms with Gasteiger partial charge >= 0.3 is 0 Å². The molecule has 0 aromatic carbocycles. The van der Waals surface area contributed by atoms with E-state index in [1.807, 2.05) is 61.4 Å². The number of rotatable bonds is 4. The normalized spacial score (nSPS) is 21.1. The second-order valence-corrected chi connectivity index (χ2v) is 8.88. The van der Waals surface area contributed by atoms with Crippen LogP contribution in [0.2, 0.25) is 0 Å². The molecule has 164 valence electrons. The molecule has 0 amide bonds. The van der Waals surface area contributed by atoms with Gasteiger partial charge in [0.2, 0.25) is 0 Å². The van der Waals surface area contributed by atoms with Gasteiger partial charge in [-0.1, -0.05) is 0 Å². The molecule has 1 aliphatic rings. The van der Waals surface area contributed by atoms with Crippen LogP contribution < -0.4 is 16.8 Å². The lowest BCUT2D eigenvalue weighted by molar-refractivity contribution is 0.264. The lowest BCUT2D eigenvalue weighted by atomic mass is 9.79. The molecule has 0 unspecified atom stereocenters. The minimum atomic E-state index is -0.538. The third kappa shape index (κ3) is 3.83. The predicted molar refractivity (Wildman–Crippen MR) is 126 cm³/mol. The standard InChI is InChI=1S/C24H28N8/c1-15-9-19(12-27-10-15)30-18-3-4-21-28-13-20(32(21)14-18)22-16(2)11-29-23(31-22)24(26)7-5-17(25)6-8-24/h3-4,9-14,17,30H,5-8,25-26H2,1-2H3. The zero-order valence-corrected chi connectivity index (χ0v) is 18.4. The molecule has 1 aliphatic carbocycles. The number of hydrogen-bond donors (Lipinski definition) is 3. The highest BCUT2D eigenvalue weighted by Gasteiger charge is 2.35. The highest BCUT2D eigenvalue weighted by atomic mass is 15.1. The number of imidazole rings is 1. The van der Waals surface area contributed by atoms with Gasteiger partial charge in [0.15, 0.2) is 0 Å². The Morgan fingerprint density at radius 3 is 2.62 bits per heavy atom. The summed E-state index contributed by atoms with van der Waals surface area (Å²) in [5.74, 6) is 0.681. The Kier molecular flexibility index (Phi) is 5.11. The van der Waals surface area contributed by atoms with Crippen molar-refractivity contribution in [2.45, 2.75) is 51.1 Å². The highest BCUT2D eigenvalue weighted by molar-refractivity contribution is 5.67. The number of aromatic nitrogens is 5. The van der Waals surface area contributed by atoms with E-state index in [1.165, 1.54) is 0 Å². The molecule has 0 atom stereocenters. The fraction of sp³-hybridized carbons (Fsp3) is 0.333. The summed E-state index contributed by atoms with van der Waals surface area (Å²) in [4.78, 5) is 18.4. The molecule has 0 aliphatic heterocycles. The number of nitrogens with zero attached hydrogens (tertiary/aromatic N) is 5. The zero-order chi connectivity index (χ0) is 22.3. The van der Waals surface area contributed by atoms with Crippen molar-refractivity contribution in [3.63, 3.8) is 0 Å². The quantitative estimate of drug-likeness (QED) is 0.454. The molecule has 1 saturated carbocycles. The van der Waals surface area contributed by atoms with E-state index in [-0.39, 0.29) is 6.04 Å². The van der Waals surface area contributed by atoms with Gasteiger partial charge in [0, 0.05) is 24.6 Å². The van der Waals surface area contributed by atoms with E-state index >= 15 is 0 Å². The predicted octanol–water partition coefficient (Wildman–Crippen LogP) is 3.60. The molecule has 4 heterocycles. The maximum absolute atomic E-state index is 6.73. The van der Waals surface area contributed by atoms with E-state index in [9.17, 15) is 0 Å². The average molecular weight is 429 g/mol. The number of nitrogens with one attached hydrogen (secondary N) is 1. The van der Waals surface area contributed by atoms with E-state index in [1.54, 1.807) is 0 Å². The molecule has 4 aromatic heterocycles. The molecule has 8 nitrogen and oxygen atoms in total. The molecule has 0 radical (unpaired) electrons. The van der Waals surface area contributed by atoms with Crippen molar-refractivity contribution in [3.8, 4) is 11.4 Å². The number of pyridine rings is 2. The second kappa shape index (κ2) is 7.96. The SMILES string of the molecule is Cc1cncc(Nc2ccc3ncc(-c4nc(C5(N)CCC(N)CC5)ncc4C)n3c2)c1. The van der Waals surface area contributed by atoms with Crippen LogP contribution in [0.1, 0.15) is 42.6 Å². The number of nitrogens with two attached hydrogens (primary N) is 2. The van der Waals surface area contributed by atoms with E-state index in [0.29, 0.717) is 5.82 Å². The summed E-state index contributed by atoms with van der Waals surface area (Å²) < 4.78 is 2.05. The molecule has 5 N–H and O–H groups in total. The summed E-state index contributed by atoms with van der Waals surface area (Å²) in [5, 5.41) is 3.42. The summed E-state index contributed by atoms with van der Waals surface area (Å²) in [6.07, 6.45) is 12.8. The van der Waals surface area contributed by atoms with Crippen molar-refractivity contribution in [2.24, 2.45) is 11.5 Å². The Morgan fingerprint density at radius 1 is 1.03 bits per heavy atom. The van der Waals surface area contributed by atoms with Crippen LogP contribution in [0.15, 0.2) is 49.2 Å². The topological polar surface area (TPSA) is 120 Å². The Morgan fingerprint density at radius 2 is 1.84 bits per heavy atom. The third-order valence-electron chi connectivity index (χ3n) is 6.25. The molecule has 4 aromatic rings. The van der Waals surface area contributed by atoms with Crippen molar-refractivity contribution < 1.29 is 0 Å². The van der Waals surface area contributed by atoms with Crippen LogP contribution in [0.3, 0.4) is 0 Å². The second-order valence-electron chi connectivity index (χ2n) is 8.88. The average Bonchev–Trinajstić information content (AvgIpc) is 3.19. The Hall–Kier alpha value is -3.36. The molecule has 8 heteroatoms. The van der Waals surface area contributed by atoms with Crippen molar-refractivity contribution in [1.29, 1.82) is 0 Å². The van der Waals surface area contributed by atoms with Gasteiger partial charge in [-0.25, -0.2) is 15.0 Å². The fourth-order valence-corrected chi connectivity index (χ4v) is 4.34. The van der Waals surface area contributed by atoms with Crippen LogP contribution in [-0.4, -0.2) is 30.4 Å². The minimum Gasteiger partial charge on any atom is -0.353 e. The first-order valence-corrected chi connectivity index (χ1v) is 11.0.